The number of piperidine rings is 1. The van der Waals surface area contributed by atoms with E-state index in [1.165, 1.54) is 0 Å². The molecule has 26 heavy (non-hydrogen) atoms. The summed E-state index contributed by atoms with van der Waals surface area (Å²) in [5, 5.41) is 9.76. The summed E-state index contributed by atoms with van der Waals surface area (Å²) in [7, 11) is 7.42. The maximum atomic E-state index is 14.0. The van der Waals surface area contributed by atoms with Crippen molar-refractivity contribution >= 4 is 17.7 Å². The molecule has 2 heterocycles. The molecule has 2 fully saturated rings. The lowest BCUT2D eigenvalue weighted by atomic mass is 9.78. The largest absolute Gasteiger partial charge is 0.495 e. The van der Waals surface area contributed by atoms with E-state index in [2.05, 4.69) is 27.9 Å². The first-order chi connectivity index (χ1) is 12.4. The van der Waals surface area contributed by atoms with Gasteiger partial charge in [-0.3, -0.25) is 4.90 Å². The van der Waals surface area contributed by atoms with E-state index in [4.69, 9.17) is 4.74 Å². The molecule has 6 nitrogen and oxygen atoms in total. The number of ether oxygens (including phenoxy) is 1. The molecule has 1 aromatic rings. The van der Waals surface area contributed by atoms with Crippen LogP contribution in [0.25, 0.3) is 0 Å². The molecule has 2 aliphatic rings. The number of nitrogens with zero attached hydrogens (tertiary/aromatic N) is 5. The minimum atomic E-state index is -0.748. The van der Waals surface area contributed by atoms with Crippen molar-refractivity contribution in [3.8, 4) is 11.8 Å². The zero-order valence-corrected chi connectivity index (χ0v) is 15.9. The summed E-state index contributed by atoms with van der Waals surface area (Å²) in [6.07, 6.45) is 2.07. The van der Waals surface area contributed by atoms with Crippen LogP contribution in [0.3, 0.4) is 0 Å². The van der Waals surface area contributed by atoms with E-state index >= 15 is 0 Å². The summed E-state index contributed by atoms with van der Waals surface area (Å²) < 4.78 is 19.5. The van der Waals surface area contributed by atoms with Gasteiger partial charge in [0, 0.05) is 40.2 Å². The molecule has 0 amide bonds. The number of aliphatic imine (C=N–C) groups is 1. The van der Waals surface area contributed by atoms with E-state index < -0.39 is 6.17 Å². The third kappa shape index (κ3) is 3.21. The highest BCUT2D eigenvalue weighted by Gasteiger charge is 2.50. The Morgan fingerprint density at radius 2 is 2.15 bits per heavy atom. The van der Waals surface area contributed by atoms with Crippen molar-refractivity contribution in [1.29, 1.82) is 5.26 Å². The highest BCUT2D eigenvalue weighted by atomic mass is 19.1. The molecule has 3 rings (SSSR count). The predicted molar refractivity (Wildman–Crippen MR) is 101 cm³/mol. The molecule has 0 radical (unpaired) electrons. The van der Waals surface area contributed by atoms with Gasteiger partial charge in [0.1, 0.15) is 23.6 Å². The number of methoxy groups -OCH3 is 1. The van der Waals surface area contributed by atoms with Gasteiger partial charge >= 0.3 is 0 Å². The maximum Gasteiger partial charge on any atom is 0.143 e. The van der Waals surface area contributed by atoms with Crippen molar-refractivity contribution in [2.75, 3.05) is 52.8 Å². The van der Waals surface area contributed by atoms with E-state index in [0.717, 1.165) is 12.2 Å². The number of anilines is 1. The average Bonchev–Trinajstić information content (AvgIpc) is 2.59. The number of nitriles is 1. The minimum absolute atomic E-state index is 0.154. The normalized spacial score (nSPS) is 22.3. The average molecular weight is 359 g/mol. The van der Waals surface area contributed by atoms with Crippen molar-refractivity contribution in [1.82, 2.24) is 9.80 Å². The van der Waals surface area contributed by atoms with Crippen molar-refractivity contribution < 1.29 is 9.13 Å². The van der Waals surface area contributed by atoms with Crippen molar-refractivity contribution in [3.05, 3.63) is 17.7 Å². The lowest BCUT2D eigenvalue weighted by molar-refractivity contribution is 0.00709. The maximum absolute atomic E-state index is 14.0. The molecule has 0 bridgehead atoms. The number of hydrogen-bond donors (Lipinski definition) is 0. The van der Waals surface area contributed by atoms with E-state index in [1.807, 2.05) is 25.1 Å². The topological polar surface area (TPSA) is 55.1 Å². The van der Waals surface area contributed by atoms with Crippen LogP contribution in [0.1, 0.15) is 18.4 Å². The second-order valence-electron chi connectivity index (χ2n) is 7.42. The molecule has 7 heteroatoms. The Labute approximate surface area is 154 Å². The molecule has 1 atom stereocenters. The van der Waals surface area contributed by atoms with Crippen LogP contribution in [0.2, 0.25) is 0 Å². The Balaban J connectivity index is 1.92. The third-order valence-corrected chi connectivity index (χ3v) is 5.35. The molecule has 1 aromatic carbocycles. The SMILES string of the molecule is COc1ccc(/N=C/N(C)C)c(C#N)c1N1CC2(CC(F)CCN2C)C1. The molecular formula is C19H26FN5O. The number of benzene rings is 1. The predicted octanol–water partition coefficient (Wildman–Crippen LogP) is 2.41. The van der Waals surface area contributed by atoms with Gasteiger partial charge in [-0.25, -0.2) is 9.38 Å². The van der Waals surface area contributed by atoms with Gasteiger partial charge in [-0.05, 0) is 25.6 Å². The Hall–Kier alpha value is -2.33. The van der Waals surface area contributed by atoms with Crippen LogP contribution >= 0.6 is 0 Å². The summed E-state index contributed by atoms with van der Waals surface area (Å²) in [5.41, 5.74) is 1.70. The van der Waals surface area contributed by atoms with Crippen molar-refractivity contribution in [3.63, 3.8) is 0 Å². The Bertz CT molecular complexity index is 736. The van der Waals surface area contributed by atoms with Gasteiger partial charge in [0.25, 0.3) is 0 Å². The number of halogens is 1. The first kappa shape index (κ1) is 18.5. The van der Waals surface area contributed by atoms with E-state index in [1.54, 1.807) is 19.5 Å². The molecule has 0 aromatic heterocycles. The zero-order chi connectivity index (χ0) is 18.9. The molecule has 0 N–H and O–H groups in total. The minimum Gasteiger partial charge on any atom is -0.495 e. The number of likely N-dealkylation sites (N-methyl/N-ethyl adjacent to an activating group) is 1. The van der Waals surface area contributed by atoms with Crippen molar-refractivity contribution in [2.24, 2.45) is 4.99 Å². The van der Waals surface area contributed by atoms with Gasteiger partial charge in [-0.1, -0.05) is 0 Å². The Kier molecular flexibility index (Phi) is 5.05. The molecule has 1 unspecified atom stereocenters. The number of likely N-dealkylation sites (tertiary alicyclic amines) is 1. The van der Waals surface area contributed by atoms with Crippen LogP contribution in [0.5, 0.6) is 5.75 Å². The first-order valence-corrected chi connectivity index (χ1v) is 8.82. The molecule has 0 saturated carbocycles. The second-order valence-corrected chi connectivity index (χ2v) is 7.42. The monoisotopic (exact) mass is 359 g/mol. The fourth-order valence-corrected chi connectivity index (χ4v) is 3.87. The van der Waals surface area contributed by atoms with Crippen LogP contribution in [-0.2, 0) is 0 Å². The van der Waals surface area contributed by atoms with Crippen LogP contribution in [0.15, 0.2) is 17.1 Å². The molecule has 2 saturated heterocycles. The molecular weight excluding hydrogens is 333 g/mol. The third-order valence-electron chi connectivity index (χ3n) is 5.35. The number of rotatable bonds is 4. The lowest BCUT2D eigenvalue weighted by Crippen LogP contribution is -2.72. The first-order valence-electron chi connectivity index (χ1n) is 8.82. The molecule has 0 aliphatic carbocycles. The standard InChI is InChI=1S/C19H26FN5O/c1-23(2)13-22-16-5-6-17(26-4)18(15(16)10-21)25-11-19(12-25)9-14(20)7-8-24(19)3/h5-6,13-14H,7-9,11-12H2,1-4H3/b22-13+. The quantitative estimate of drug-likeness (QED) is 0.610. The van der Waals surface area contributed by atoms with E-state index in [9.17, 15) is 9.65 Å². The number of alkyl halides is 1. The van der Waals surface area contributed by atoms with Crippen LogP contribution in [0.4, 0.5) is 15.8 Å². The van der Waals surface area contributed by atoms with Crippen LogP contribution < -0.4 is 9.64 Å². The highest BCUT2D eigenvalue weighted by Crippen LogP contribution is 2.45. The highest BCUT2D eigenvalue weighted by molar-refractivity contribution is 5.79. The molecule has 2 aliphatic heterocycles. The van der Waals surface area contributed by atoms with Crippen LogP contribution in [-0.4, -0.2) is 75.7 Å². The van der Waals surface area contributed by atoms with Crippen LogP contribution in [0, 0.1) is 11.3 Å². The van der Waals surface area contributed by atoms with E-state index in [-0.39, 0.29) is 5.54 Å². The van der Waals surface area contributed by atoms with Gasteiger partial charge in [0.15, 0.2) is 0 Å². The summed E-state index contributed by atoms with van der Waals surface area (Å²) >= 11 is 0. The zero-order valence-electron chi connectivity index (χ0n) is 15.9. The fourth-order valence-electron chi connectivity index (χ4n) is 3.87. The van der Waals surface area contributed by atoms with Gasteiger partial charge < -0.3 is 14.5 Å². The van der Waals surface area contributed by atoms with Gasteiger partial charge in [-0.15, -0.1) is 0 Å². The van der Waals surface area contributed by atoms with Crippen molar-refractivity contribution in [2.45, 2.75) is 24.6 Å². The van der Waals surface area contributed by atoms with Gasteiger partial charge in [0.05, 0.1) is 30.4 Å². The second kappa shape index (κ2) is 7.12. The number of hydrogen-bond acceptors (Lipinski definition) is 5. The van der Waals surface area contributed by atoms with E-state index in [0.29, 0.717) is 42.9 Å². The fraction of sp³-hybridized carbons (Fsp3) is 0.579. The summed E-state index contributed by atoms with van der Waals surface area (Å²) in [6.45, 7) is 2.15. The smallest absolute Gasteiger partial charge is 0.143 e. The van der Waals surface area contributed by atoms with Gasteiger partial charge in [0.2, 0.25) is 0 Å². The molecule has 140 valence electrons. The Morgan fingerprint density at radius 3 is 2.77 bits per heavy atom. The molecule has 1 spiro atoms. The summed E-state index contributed by atoms with van der Waals surface area (Å²) in [6, 6.07) is 5.91. The summed E-state index contributed by atoms with van der Waals surface area (Å²) in [5.74, 6) is 0.649. The Morgan fingerprint density at radius 1 is 1.42 bits per heavy atom. The lowest BCUT2D eigenvalue weighted by Gasteiger charge is -2.58. The summed E-state index contributed by atoms with van der Waals surface area (Å²) in [4.78, 5) is 10.6. The van der Waals surface area contributed by atoms with Gasteiger partial charge in [-0.2, -0.15) is 5.26 Å².